The van der Waals surface area contributed by atoms with Crippen LogP contribution in [-0.4, -0.2) is 29.9 Å². The highest BCUT2D eigenvalue weighted by Crippen LogP contribution is 2.26. The van der Waals surface area contributed by atoms with E-state index in [1.165, 1.54) is 0 Å². The topological polar surface area (TPSA) is 68.8 Å². The van der Waals surface area contributed by atoms with Gasteiger partial charge >= 0.3 is 0 Å². The molecule has 4 rings (SSSR count). The molecule has 0 unspecified atom stereocenters. The maximum Gasteiger partial charge on any atom is 0.132 e. The zero-order valence-electron chi connectivity index (χ0n) is 12.6. The van der Waals surface area contributed by atoms with Crippen molar-refractivity contribution in [3.05, 3.63) is 60.3 Å². The molecule has 1 N–H and O–H groups in total. The molecule has 0 atom stereocenters. The summed E-state index contributed by atoms with van der Waals surface area (Å²) in [4.78, 5) is 0. The first-order valence-electron chi connectivity index (χ1n) is 7.31. The number of nitrogens with zero attached hydrogens (tertiary/aromatic N) is 5. The van der Waals surface area contributed by atoms with Crippen LogP contribution in [0.5, 0.6) is 0 Å². The third-order valence-corrected chi connectivity index (χ3v) is 3.86. The number of fused-ring (bicyclic) bond motifs is 1. The highest BCUT2D eigenvalue weighted by molar-refractivity contribution is 5.92. The van der Waals surface area contributed by atoms with Gasteiger partial charge in [-0.2, -0.15) is 5.10 Å². The summed E-state index contributed by atoms with van der Waals surface area (Å²) in [5.74, 6) is 0. The van der Waals surface area contributed by atoms with Gasteiger partial charge in [0.05, 0.1) is 29.7 Å². The lowest BCUT2D eigenvalue weighted by Gasteiger charge is -2.01. The van der Waals surface area contributed by atoms with Crippen molar-refractivity contribution in [2.45, 2.75) is 6.61 Å². The van der Waals surface area contributed by atoms with Gasteiger partial charge in [0, 0.05) is 12.4 Å². The van der Waals surface area contributed by atoms with Crippen LogP contribution in [0.15, 0.2) is 54.7 Å². The number of hydrogen-bond donors (Lipinski definition) is 1. The van der Waals surface area contributed by atoms with Crippen LogP contribution in [0, 0.1) is 0 Å². The van der Waals surface area contributed by atoms with E-state index in [-0.39, 0.29) is 6.61 Å². The van der Waals surface area contributed by atoms with E-state index in [1.54, 1.807) is 4.68 Å². The number of aliphatic hydroxyl groups is 1. The molecule has 0 fully saturated rings. The summed E-state index contributed by atoms with van der Waals surface area (Å²) in [7, 11) is 1.91. The van der Waals surface area contributed by atoms with Crippen LogP contribution in [-0.2, 0) is 13.7 Å². The second-order valence-corrected chi connectivity index (χ2v) is 5.36. The van der Waals surface area contributed by atoms with Crippen molar-refractivity contribution >= 4 is 10.9 Å². The van der Waals surface area contributed by atoms with Crippen molar-refractivity contribution in [2.24, 2.45) is 7.05 Å². The predicted octanol–water partition coefficient (Wildman–Crippen LogP) is 2.31. The van der Waals surface area contributed by atoms with E-state index < -0.39 is 0 Å². The minimum atomic E-state index is 0.0316. The molecule has 0 aliphatic carbocycles. The normalized spacial score (nSPS) is 11.2. The van der Waals surface area contributed by atoms with Gasteiger partial charge in [0.15, 0.2) is 0 Å². The summed E-state index contributed by atoms with van der Waals surface area (Å²) in [6.07, 6.45) is 1.89. The number of rotatable bonds is 3. The van der Waals surface area contributed by atoms with Crippen LogP contribution in [0.4, 0.5) is 0 Å². The van der Waals surface area contributed by atoms with Crippen molar-refractivity contribution in [1.82, 2.24) is 24.8 Å². The van der Waals surface area contributed by atoms with Crippen LogP contribution < -0.4 is 0 Å². The lowest BCUT2D eigenvalue weighted by Crippen LogP contribution is -1.95. The standard InChI is InChI=1S/C17H15N5O/c1-21-17(14-4-2-3-5-15(14)19-21)16-10-22(20-18-16)13-8-6-12(11-23)7-9-13/h2-10,23H,11H2,1H3. The Morgan fingerprint density at radius 2 is 1.83 bits per heavy atom. The quantitative estimate of drug-likeness (QED) is 0.630. The fourth-order valence-corrected chi connectivity index (χ4v) is 2.70. The fourth-order valence-electron chi connectivity index (χ4n) is 2.70. The first-order chi connectivity index (χ1) is 11.3. The Morgan fingerprint density at radius 3 is 2.61 bits per heavy atom. The molecule has 4 aromatic rings. The molecule has 6 heteroatoms. The van der Waals surface area contributed by atoms with E-state index in [9.17, 15) is 0 Å². The molecule has 2 heterocycles. The largest absolute Gasteiger partial charge is 0.392 e. The second kappa shape index (κ2) is 5.33. The van der Waals surface area contributed by atoms with E-state index in [2.05, 4.69) is 15.4 Å². The molecular formula is C17H15N5O. The second-order valence-electron chi connectivity index (χ2n) is 5.36. The summed E-state index contributed by atoms with van der Waals surface area (Å²) >= 11 is 0. The van der Waals surface area contributed by atoms with Gasteiger partial charge in [0.1, 0.15) is 5.69 Å². The fraction of sp³-hybridized carbons (Fsp3) is 0.118. The zero-order valence-corrected chi connectivity index (χ0v) is 12.6. The zero-order chi connectivity index (χ0) is 15.8. The maximum absolute atomic E-state index is 9.11. The smallest absolute Gasteiger partial charge is 0.132 e. The highest BCUT2D eigenvalue weighted by Gasteiger charge is 2.14. The van der Waals surface area contributed by atoms with Crippen molar-refractivity contribution in [3.8, 4) is 17.1 Å². The number of benzene rings is 2. The molecule has 0 aliphatic heterocycles. The van der Waals surface area contributed by atoms with Crippen LogP contribution in [0.25, 0.3) is 28.0 Å². The average Bonchev–Trinajstić information content (AvgIpc) is 3.18. The average molecular weight is 305 g/mol. The molecule has 114 valence electrons. The van der Waals surface area contributed by atoms with Gasteiger partial charge in [-0.1, -0.05) is 35.5 Å². The Hall–Kier alpha value is -2.99. The van der Waals surface area contributed by atoms with E-state index in [0.717, 1.165) is 33.5 Å². The summed E-state index contributed by atoms with van der Waals surface area (Å²) in [5, 5.41) is 23.2. The van der Waals surface area contributed by atoms with Gasteiger partial charge in [-0.05, 0) is 23.8 Å². The molecule has 0 bridgehead atoms. The minimum Gasteiger partial charge on any atom is -0.392 e. The highest BCUT2D eigenvalue weighted by atomic mass is 16.3. The van der Waals surface area contributed by atoms with Crippen LogP contribution in [0.2, 0.25) is 0 Å². The van der Waals surface area contributed by atoms with Crippen LogP contribution in [0.3, 0.4) is 0 Å². The van der Waals surface area contributed by atoms with Crippen molar-refractivity contribution in [3.63, 3.8) is 0 Å². The SMILES string of the molecule is Cn1nc2ccccc2c1-c1cn(-c2ccc(CO)cc2)nn1. The molecule has 0 saturated carbocycles. The summed E-state index contributed by atoms with van der Waals surface area (Å²) in [6, 6.07) is 15.5. The number of hydrogen-bond acceptors (Lipinski definition) is 4. The van der Waals surface area contributed by atoms with E-state index in [0.29, 0.717) is 0 Å². The van der Waals surface area contributed by atoms with Crippen molar-refractivity contribution in [1.29, 1.82) is 0 Å². The third kappa shape index (κ3) is 2.29. The van der Waals surface area contributed by atoms with E-state index in [1.807, 2.05) is 66.5 Å². The Bertz CT molecular complexity index is 968. The number of aliphatic hydroxyl groups excluding tert-OH is 1. The molecule has 0 aliphatic rings. The molecule has 0 spiro atoms. The Morgan fingerprint density at radius 1 is 1.04 bits per heavy atom. The van der Waals surface area contributed by atoms with E-state index >= 15 is 0 Å². The number of aryl methyl sites for hydroxylation is 1. The predicted molar refractivity (Wildman–Crippen MR) is 87.0 cm³/mol. The van der Waals surface area contributed by atoms with Crippen molar-refractivity contribution < 1.29 is 5.11 Å². The van der Waals surface area contributed by atoms with Gasteiger partial charge in [-0.3, -0.25) is 4.68 Å². The van der Waals surface area contributed by atoms with Gasteiger partial charge in [0.2, 0.25) is 0 Å². The number of aromatic nitrogens is 5. The van der Waals surface area contributed by atoms with Crippen LogP contribution in [0.1, 0.15) is 5.56 Å². The first-order valence-corrected chi connectivity index (χ1v) is 7.31. The van der Waals surface area contributed by atoms with E-state index in [4.69, 9.17) is 5.11 Å². The Kier molecular flexibility index (Phi) is 3.17. The summed E-state index contributed by atoms with van der Waals surface area (Å²) in [5.41, 5.74) is 4.41. The maximum atomic E-state index is 9.11. The lowest BCUT2D eigenvalue weighted by atomic mass is 10.2. The summed E-state index contributed by atoms with van der Waals surface area (Å²) in [6.45, 7) is 0.0316. The Labute approximate surface area is 132 Å². The third-order valence-electron chi connectivity index (χ3n) is 3.86. The van der Waals surface area contributed by atoms with Crippen molar-refractivity contribution in [2.75, 3.05) is 0 Å². The summed E-state index contributed by atoms with van der Waals surface area (Å²) < 4.78 is 3.55. The Balaban J connectivity index is 1.78. The monoisotopic (exact) mass is 305 g/mol. The molecule has 23 heavy (non-hydrogen) atoms. The lowest BCUT2D eigenvalue weighted by molar-refractivity contribution is 0.282. The van der Waals surface area contributed by atoms with Gasteiger partial charge in [-0.15, -0.1) is 5.10 Å². The minimum absolute atomic E-state index is 0.0316. The van der Waals surface area contributed by atoms with Gasteiger partial charge < -0.3 is 5.11 Å². The first kappa shape index (κ1) is 13.7. The molecule has 0 radical (unpaired) electrons. The molecular weight excluding hydrogens is 290 g/mol. The van der Waals surface area contributed by atoms with Gasteiger partial charge in [-0.25, -0.2) is 4.68 Å². The molecule has 0 saturated heterocycles. The van der Waals surface area contributed by atoms with Gasteiger partial charge in [0.25, 0.3) is 0 Å². The molecule has 2 aromatic carbocycles. The molecule has 0 amide bonds. The van der Waals surface area contributed by atoms with Crippen LogP contribution >= 0.6 is 0 Å². The molecule has 6 nitrogen and oxygen atoms in total. The molecule has 2 aromatic heterocycles.